The number of nitrogens with zero attached hydrogens (tertiary/aromatic N) is 1. The fourth-order valence-corrected chi connectivity index (χ4v) is 7.18. The lowest BCUT2D eigenvalue weighted by atomic mass is 9.72. The Morgan fingerprint density at radius 3 is 2.76 bits per heavy atom. The molecule has 0 bridgehead atoms. The minimum absolute atomic E-state index is 0.0570. The number of quaternary nitrogens is 1. The molecule has 0 radical (unpaired) electrons. The first-order valence-corrected chi connectivity index (χ1v) is 13.7. The Bertz CT molecular complexity index is 970. The van der Waals surface area contributed by atoms with Gasteiger partial charge in [0.1, 0.15) is 5.54 Å². The van der Waals surface area contributed by atoms with Crippen LogP contribution in [0.1, 0.15) is 84.5 Å². The fraction of sp³-hybridized carbons (Fsp3) is 0.690. The van der Waals surface area contributed by atoms with E-state index in [0.29, 0.717) is 18.2 Å². The third-order valence-electron chi connectivity index (χ3n) is 9.32. The molecule has 5 rings (SSSR count). The molecule has 0 spiro atoms. The van der Waals surface area contributed by atoms with Gasteiger partial charge >= 0.3 is 5.91 Å². The van der Waals surface area contributed by atoms with E-state index in [2.05, 4.69) is 19.1 Å². The number of nitrogens with one attached hydrogen (secondary N) is 1. The lowest BCUT2D eigenvalue weighted by molar-refractivity contribution is -0.805. The summed E-state index contributed by atoms with van der Waals surface area (Å²) in [5, 5.41) is 0. The first-order chi connectivity index (χ1) is 16.3. The summed E-state index contributed by atoms with van der Waals surface area (Å²) in [6, 6.07) is 0. The van der Waals surface area contributed by atoms with Crippen LogP contribution in [0.2, 0.25) is 0 Å². The van der Waals surface area contributed by atoms with Gasteiger partial charge in [0, 0.05) is 30.1 Å². The average Bonchev–Trinajstić information content (AvgIpc) is 3.30. The molecule has 0 aromatic carbocycles. The maximum Gasteiger partial charge on any atom is 0.344 e. The van der Waals surface area contributed by atoms with Crippen LogP contribution in [0.5, 0.6) is 0 Å². The summed E-state index contributed by atoms with van der Waals surface area (Å²) in [4.78, 5) is 33.0. The quantitative estimate of drug-likeness (QED) is 0.629. The molecule has 1 amide bonds. The van der Waals surface area contributed by atoms with Crippen LogP contribution in [0.3, 0.4) is 0 Å². The van der Waals surface area contributed by atoms with Gasteiger partial charge in [0.05, 0.1) is 24.5 Å². The second kappa shape index (κ2) is 9.22. The third kappa shape index (κ3) is 4.60. The second-order valence-corrected chi connectivity index (χ2v) is 12.1. The molecule has 3 fully saturated rings. The van der Waals surface area contributed by atoms with Crippen molar-refractivity contribution in [2.75, 3.05) is 13.1 Å². The first kappa shape index (κ1) is 23.7. The van der Waals surface area contributed by atoms with Crippen molar-refractivity contribution in [3.8, 4) is 0 Å². The summed E-state index contributed by atoms with van der Waals surface area (Å²) in [5.41, 5.74) is 7.89. The summed E-state index contributed by atoms with van der Waals surface area (Å²) in [7, 11) is 0. The molecule has 34 heavy (non-hydrogen) atoms. The standard InChI is InChI=1S/C29H41N3O2/c1-20-16-25(30)31-29(26(20)33,14-11-21-8-4-3-5-9-21)17-22-12-15-32(19-22)27(34)23-10-6-7-13-28(2)18-24(23)28/h6-7,10,13,20-22H,3-5,8-9,11-12,14-19H2,1-2H3,(H2,30,31)/p+1. The van der Waals surface area contributed by atoms with E-state index in [1.165, 1.54) is 37.7 Å². The zero-order chi connectivity index (χ0) is 23.9. The summed E-state index contributed by atoms with van der Waals surface area (Å²) in [5.74, 6) is 2.16. The Kier molecular flexibility index (Phi) is 6.43. The number of hydrogen-bond acceptors (Lipinski definition) is 4. The SMILES string of the molecule is CC1CC(N)=NC(CCC2CCCCC2)(CC2CC[NH+](C(=O)C3=C4CC4(C)C=CC=C3)C2)C1=O. The van der Waals surface area contributed by atoms with E-state index in [-0.39, 0.29) is 23.0 Å². The molecule has 0 aromatic heterocycles. The van der Waals surface area contributed by atoms with Gasteiger partial charge < -0.3 is 5.73 Å². The van der Waals surface area contributed by atoms with Crippen LogP contribution >= 0.6 is 0 Å². The Labute approximate surface area is 204 Å². The highest BCUT2D eigenvalue weighted by Crippen LogP contribution is 2.55. The highest BCUT2D eigenvalue weighted by atomic mass is 16.2. The third-order valence-corrected chi connectivity index (χ3v) is 9.32. The van der Waals surface area contributed by atoms with Crippen LogP contribution in [0, 0.1) is 23.2 Å². The molecular weight excluding hydrogens is 422 g/mol. The van der Waals surface area contributed by atoms with E-state index in [0.717, 1.165) is 61.6 Å². The number of nitrogens with two attached hydrogens (primary N) is 1. The van der Waals surface area contributed by atoms with Crippen molar-refractivity contribution in [1.29, 1.82) is 0 Å². The normalized spacial score (nSPS) is 38.0. The highest BCUT2D eigenvalue weighted by molar-refractivity contribution is 5.99. The van der Waals surface area contributed by atoms with Gasteiger partial charge in [-0.15, -0.1) is 0 Å². The minimum Gasteiger partial charge on any atom is -0.387 e. The predicted octanol–water partition coefficient (Wildman–Crippen LogP) is 3.71. The van der Waals surface area contributed by atoms with Crippen LogP contribution in [0.4, 0.5) is 0 Å². The van der Waals surface area contributed by atoms with Crippen LogP contribution < -0.4 is 10.6 Å². The second-order valence-electron chi connectivity index (χ2n) is 12.1. The number of ketones is 1. The van der Waals surface area contributed by atoms with Crippen molar-refractivity contribution in [2.24, 2.45) is 33.9 Å². The number of carbonyl (C=O) groups is 2. The number of carbonyl (C=O) groups excluding carboxylic acids is 2. The number of aliphatic imine (C=N–C) groups is 1. The van der Waals surface area contributed by atoms with E-state index in [4.69, 9.17) is 10.7 Å². The van der Waals surface area contributed by atoms with Crippen LogP contribution in [-0.4, -0.2) is 36.2 Å². The van der Waals surface area contributed by atoms with Gasteiger partial charge in [0.25, 0.3) is 0 Å². The Hall–Kier alpha value is -2.01. The number of hydrogen-bond donors (Lipinski definition) is 2. The zero-order valence-corrected chi connectivity index (χ0v) is 21.1. The van der Waals surface area contributed by atoms with Crippen molar-refractivity contribution >= 4 is 17.5 Å². The van der Waals surface area contributed by atoms with Crippen molar-refractivity contribution in [2.45, 2.75) is 90.0 Å². The van der Waals surface area contributed by atoms with Gasteiger partial charge in [-0.05, 0) is 43.3 Å². The number of amidine groups is 1. The van der Waals surface area contributed by atoms with Gasteiger partial charge in [-0.2, -0.15) is 0 Å². The van der Waals surface area contributed by atoms with Crippen LogP contribution in [0.15, 0.2) is 40.4 Å². The molecule has 3 aliphatic carbocycles. The number of rotatable bonds is 6. The first-order valence-electron chi connectivity index (χ1n) is 13.7. The fourth-order valence-electron chi connectivity index (χ4n) is 7.18. The smallest absolute Gasteiger partial charge is 0.344 e. The van der Waals surface area contributed by atoms with Crippen LogP contribution in [-0.2, 0) is 9.59 Å². The molecule has 0 aromatic rings. The van der Waals surface area contributed by atoms with E-state index in [1.54, 1.807) is 0 Å². The predicted molar refractivity (Wildman–Crippen MR) is 135 cm³/mol. The van der Waals surface area contributed by atoms with Gasteiger partial charge in [0.15, 0.2) is 5.78 Å². The van der Waals surface area contributed by atoms with Crippen molar-refractivity contribution in [3.63, 3.8) is 0 Å². The Morgan fingerprint density at radius 2 is 1.97 bits per heavy atom. The van der Waals surface area contributed by atoms with Crippen molar-refractivity contribution in [1.82, 2.24) is 0 Å². The van der Waals surface area contributed by atoms with E-state index in [9.17, 15) is 9.59 Å². The number of amides is 1. The largest absolute Gasteiger partial charge is 0.387 e. The number of fused-ring (bicyclic) bond motifs is 1. The number of allylic oxidation sites excluding steroid dienone is 4. The van der Waals surface area contributed by atoms with E-state index in [1.807, 2.05) is 19.1 Å². The molecule has 5 heteroatoms. The zero-order valence-electron chi connectivity index (χ0n) is 21.1. The molecule has 1 saturated heterocycles. The van der Waals surface area contributed by atoms with Crippen molar-refractivity contribution in [3.05, 3.63) is 35.5 Å². The lowest BCUT2D eigenvalue weighted by Gasteiger charge is -2.37. The highest BCUT2D eigenvalue weighted by Gasteiger charge is 2.49. The summed E-state index contributed by atoms with van der Waals surface area (Å²) < 4.78 is 0. The molecule has 5 unspecified atom stereocenters. The number of Topliss-reactive ketones (excluding diaryl/α,β-unsaturated/α-hetero) is 1. The topological polar surface area (TPSA) is 77.0 Å². The maximum atomic E-state index is 13.6. The number of likely N-dealkylation sites (tertiary alicyclic amines) is 1. The molecule has 5 aliphatic rings. The van der Waals surface area contributed by atoms with Gasteiger partial charge in [-0.3, -0.25) is 14.7 Å². The lowest BCUT2D eigenvalue weighted by Crippen LogP contribution is -3.13. The monoisotopic (exact) mass is 464 g/mol. The minimum atomic E-state index is -0.675. The summed E-state index contributed by atoms with van der Waals surface area (Å²) >= 11 is 0. The molecule has 2 saturated carbocycles. The van der Waals surface area contributed by atoms with Gasteiger partial charge in [-0.1, -0.05) is 64.2 Å². The maximum absolute atomic E-state index is 13.6. The Morgan fingerprint density at radius 1 is 1.18 bits per heavy atom. The molecule has 184 valence electrons. The summed E-state index contributed by atoms with van der Waals surface area (Å²) in [6.45, 7) is 5.88. The van der Waals surface area contributed by atoms with E-state index < -0.39 is 5.54 Å². The van der Waals surface area contributed by atoms with E-state index >= 15 is 0 Å². The molecule has 2 aliphatic heterocycles. The summed E-state index contributed by atoms with van der Waals surface area (Å²) in [6.07, 6.45) is 20.1. The molecule has 5 atom stereocenters. The molecule has 5 nitrogen and oxygen atoms in total. The van der Waals surface area contributed by atoms with Gasteiger partial charge in [-0.25, -0.2) is 4.79 Å². The average molecular weight is 465 g/mol. The molecular formula is C29H42N3O2+. The molecule has 2 heterocycles. The molecule has 3 N–H and O–H groups in total. The van der Waals surface area contributed by atoms with Crippen molar-refractivity contribution < 1.29 is 14.5 Å². The van der Waals surface area contributed by atoms with Crippen LogP contribution in [0.25, 0.3) is 0 Å². The van der Waals surface area contributed by atoms with Gasteiger partial charge in [0.2, 0.25) is 0 Å². The Balaban J connectivity index is 1.29.